The van der Waals surface area contributed by atoms with Crippen LogP contribution in [-0.4, -0.2) is 34.7 Å². The molecular weight excluding hydrogens is 294 g/mol. The number of benzene rings is 1. The highest BCUT2D eigenvalue weighted by Gasteiger charge is 2.12. The van der Waals surface area contributed by atoms with E-state index in [1.54, 1.807) is 11.8 Å². The maximum Gasteiger partial charge on any atom is 0.201 e. The number of hydrogen-bond acceptors (Lipinski definition) is 6. The smallest absolute Gasteiger partial charge is 0.201 e. The molecule has 1 fully saturated rings. The van der Waals surface area contributed by atoms with Crippen molar-refractivity contribution in [3.05, 3.63) is 35.4 Å². The molecule has 0 aromatic heterocycles. The normalized spacial score (nSPS) is 19.0. The highest BCUT2D eigenvalue weighted by Crippen LogP contribution is 2.14. The van der Waals surface area contributed by atoms with Gasteiger partial charge in [-0.05, 0) is 37.2 Å². The molecular formula is C16H23N5S. The standard InChI is InChI=1S/C16H23N5S/c1-2-22-16-19-17-15(18-20-16)14-8-6-13(7-9-14)12-21-10-4-3-5-11-21/h6-9H,2-5,10-12H2,1H3,(H,17,18)(H,19,20). The largest absolute Gasteiger partial charge is 0.299 e. The molecule has 6 heteroatoms. The lowest BCUT2D eigenvalue weighted by Gasteiger charge is -2.26. The minimum Gasteiger partial charge on any atom is -0.299 e. The van der Waals surface area contributed by atoms with Crippen molar-refractivity contribution in [1.29, 1.82) is 0 Å². The first-order chi connectivity index (χ1) is 10.8. The average Bonchev–Trinajstić information content (AvgIpc) is 2.58. The zero-order chi connectivity index (χ0) is 15.2. The van der Waals surface area contributed by atoms with Crippen LogP contribution in [0.5, 0.6) is 0 Å². The SMILES string of the molecule is CCSC1=NNC(c2ccc(CN3CCCCC3)cc2)=NN1. The lowest BCUT2D eigenvalue weighted by molar-refractivity contribution is 0.221. The molecule has 1 aromatic rings. The number of hydrogen-bond donors (Lipinski definition) is 2. The van der Waals surface area contributed by atoms with Crippen molar-refractivity contribution in [2.45, 2.75) is 32.7 Å². The second kappa shape index (κ2) is 7.65. The van der Waals surface area contributed by atoms with Crippen molar-refractivity contribution in [1.82, 2.24) is 15.8 Å². The minimum atomic E-state index is 0.768. The monoisotopic (exact) mass is 317 g/mol. The van der Waals surface area contributed by atoms with E-state index in [0.717, 1.165) is 28.9 Å². The van der Waals surface area contributed by atoms with Crippen LogP contribution in [0, 0.1) is 0 Å². The predicted octanol–water partition coefficient (Wildman–Crippen LogP) is 2.55. The Balaban J connectivity index is 1.57. The highest BCUT2D eigenvalue weighted by molar-refractivity contribution is 8.13. The third kappa shape index (κ3) is 4.01. The number of amidine groups is 2. The van der Waals surface area contributed by atoms with Gasteiger partial charge in [0.15, 0.2) is 5.84 Å². The Morgan fingerprint density at radius 3 is 2.45 bits per heavy atom. The number of hydrazone groups is 2. The van der Waals surface area contributed by atoms with Crippen molar-refractivity contribution in [2.24, 2.45) is 10.2 Å². The number of nitrogens with one attached hydrogen (secondary N) is 2. The van der Waals surface area contributed by atoms with E-state index in [-0.39, 0.29) is 0 Å². The van der Waals surface area contributed by atoms with E-state index >= 15 is 0 Å². The first-order valence-electron chi connectivity index (χ1n) is 7.97. The van der Waals surface area contributed by atoms with Gasteiger partial charge in [-0.25, -0.2) is 0 Å². The van der Waals surface area contributed by atoms with E-state index in [0.29, 0.717) is 0 Å². The van der Waals surface area contributed by atoms with Gasteiger partial charge < -0.3 is 0 Å². The fourth-order valence-electron chi connectivity index (χ4n) is 2.73. The molecule has 0 radical (unpaired) electrons. The van der Waals surface area contributed by atoms with Gasteiger partial charge in [0.05, 0.1) is 0 Å². The van der Waals surface area contributed by atoms with E-state index in [1.165, 1.54) is 37.9 Å². The van der Waals surface area contributed by atoms with Crippen molar-refractivity contribution in [3.63, 3.8) is 0 Å². The Morgan fingerprint density at radius 1 is 1.05 bits per heavy atom. The number of rotatable bonds is 4. The maximum absolute atomic E-state index is 4.34. The van der Waals surface area contributed by atoms with Crippen molar-refractivity contribution in [3.8, 4) is 0 Å². The van der Waals surface area contributed by atoms with Gasteiger partial charge in [-0.15, -0.1) is 5.10 Å². The van der Waals surface area contributed by atoms with Crippen LogP contribution in [0.15, 0.2) is 34.5 Å². The summed E-state index contributed by atoms with van der Waals surface area (Å²) in [6.07, 6.45) is 4.05. The molecule has 22 heavy (non-hydrogen) atoms. The number of nitrogens with zero attached hydrogens (tertiary/aromatic N) is 3. The van der Waals surface area contributed by atoms with Gasteiger partial charge in [0, 0.05) is 12.1 Å². The molecule has 2 aliphatic heterocycles. The first-order valence-corrected chi connectivity index (χ1v) is 8.95. The third-order valence-electron chi connectivity index (χ3n) is 3.89. The van der Waals surface area contributed by atoms with Gasteiger partial charge in [0.1, 0.15) is 0 Å². The molecule has 3 rings (SSSR count). The Bertz CT molecular complexity index is 546. The molecule has 0 saturated carbocycles. The molecule has 1 saturated heterocycles. The first kappa shape index (κ1) is 15.4. The van der Waals surface area contributed by atoms with Crippen LogP contribution < -0.4 is 10.9 Å². The Kier molecular flexibility index (Phi) is 5.34. The summed E-state index contributed by atoms with van der Waals surface area (Å²) < 4.78 is 0. The molecule has 0 amide bonds. The second-order valence-electron chi connectivity index (χ2n) is 5.57. The highest BCUT2D eigenvalue weighted by atomic mass is 32.2. The van der Waals surface area contributed by atoms with Gasteiger partial charge in [0.2, 0.25) is 5.17 Å². The van der Waals surface area contributed by atoms with Crippen LogP contribution in [0.4, 0.5) is 0 Å². The average molecular weight is 317 g/mol. The molecule has 2 heterocycles. The Morgan fingerprint density at radius 2 is 1.82 bits per heavy atom. The van der Waals surface area contributed by atoms with Gasteiger partial charge in [-0.3, -0.25) is 15.8 Å². The third-order valence-corrected chi connectivity index (χ3v) is 4.63. The van der Waals surface area contributed by atoms with Gasteiger partial charge in [0.25, 0.3) is 0 Å². The summed E-state index contributed by atoms with van der Waals surface area (Å²) in [7, 11) is 0. The van der Waals surface area contributed by atoms with E-state index in [2.05, 4.69) is 57.1 Å². The number of likely N-dealkylation sites (tertiary alicyclic amines) is 1. The van der Waals surface area contributed by atoms with Crippen molar-refractivity contribution < 1.29 is 0 Å². The molecule has 1 aromatic carbocycles. The summed E-state index contributed by atoms with van der Waals surface area (Å²) in [6, 6.07) is 8.60. The number of thioether (sulfide) groups is 1. The molecule has 0 bridgehead atoms. The van der Waals surface area contributed by atoms with Crippen LogP contribution in [0.2, 0.25) is 0 Å². The molecule has 0 atom stereocenters. The zero-order valence-electron chi connectivity index (χ0n) is 13.0. The fourth-order valence-corrected chi connectivity index (χ4v) is 3.23. The summed E-state index contributed by atoms with van der Waals surface area (Å²) in [6.45, 7) is 5.60. The predicted molar refractivity (Wildman–Crippen MR) is 93.9 cm³/mol. The van der Waals surface area contributed by atoms with E-state index in [1.807, 2.05) is 0 Å². The Labute approximate surface area is 136 Å². The molecule has 5 nitrogen and oxygen atoms in total. The van der Waals surface area contributed by atoms with Crippen LogP contribution in [0.1, 0.15) is 37.3 Å². The molecule has 118 valence electrons. The van der Waals surface area contributed by atoms with E-state index < -0.39 is 0 Å². The zero-order valence-corrected chi connectivity index (χ0v) is 13.8. The van der Waals surface area contributed by atoms with Crippen LogP contribution in [0.3, 0.4) is 0 Å². The van der Waals surface area contributed by atoms with Crippen LogP contribution in [0.25, 0.3) is 0 Å². The topological polar surface area (TPSA) is 52.0 Å². The van der Waals surface area contributed by atoms with E-state index in [4.69, 9.17) is 0 Å². The van der Waals surface area contributed by atoms with Gasteiger partial charge in [-0.1, -0.05) is 49.4 Å². The van der Waals surface area contributed by atoms with E-state index in [9.17, 15) is 0 Å². The molecule has 2 N–H and O–H groups in total. The second-order valence-corrected chi connectivity index (χ2v) is 6.82. The number of piperidine rings is 1. The summed E-state index contributed by atoms with van der Waals surface area (Å²) in [4.78, 5) is 2.54. The Hall–Kier alpha value is -1.53. The molecule has 0 aliphatic carbocycles. The summed E-state index contributed by atoms with van der Waals surface area (Å²) in [5.74, 6) is 1.74. The summed E-state index contributed by atoms with van der Waals surface area (Å²) >= 11 is 1.64. The lowest BCUT2D eigenvalue weighted by atomic mass is 10.1. The fraction of sp³-hybridized carbons (Fsp3) is 0.500. The van der Waals surface area contributed by atoms with Crippen molar-refractivity contribution >= 4 is 22.8 Å². The molecule has 0 unspecified atom stereocenters. The summed E-state index contributed by atoms with van der Waals surface area (Å²) in [5, 5.41) is 9.42. The van der Waals surface area contributed by atoms with Crippen LogP contribution >= 0.6 is 11.8 Å². The molecule has 0 spiro atoms. The maximum atomic E-state index is 4.34. The quantitative estimate of drug-likeness (QED) is 0.896. The van der Waals surface area contributed by atoms with Crippen LogP contribution in [-0.2, 0) is 6.54 Å². The van der Waals surface area contributed by atoms with Gasteiger partial charge >= 0.3 is 0 Å². The van der Waals surface area contributed by atoms with Gasteiger partial charge in [-0.2, -0.15) is 5.10 Å². The minimum absolute atomic E-state index is 0.768. The molecule has 2 aliphatic rings. The summed E-state index contributed by atoms with van der Waals surface area (Å²) in [5.41, 5.74) is 8.41. The van der Waals surface area contributed by atoms with Crippen molar-refractivity contribution in [2.75, 3.05) is 18.8 Å². The lowest BCUT2D eigenvalue weighted by Crippen LogP contribution is -2.32.